The molecule has 1 atom stereocenters. The molecule has 1 aliphatic heterocycles. The number of rotatable bonds is 6. The Morgan fingerprint density at radius 1 is 1.28 bits per heavy atom. The molecule has 0 spiro atoms. The second-order valence-corrected chi connectivity index (χ2v) is 5.78. The van der Waals surface area contributed by atoms with Gasteiger partial charge in [-0.25, -0.2) is 5.43 Å². The van der Waals surface area contributed by atoms with Gasteiger partial charge in [-0.2, -0.15) is 5.10 Å². The number of nitrogens with zero attached hydrogens (tertiary/aromatic N) is 2. The highest BCUT2D eigenvalue weighted by atomic mass is 16.3. The number of benzene rings is 1. The molecule has 2 aromatic rings. The minimum absolute atomic E-state index is 0.0514. The van der Waals surface area contributed by atoms with Crippen molar-refractivity contribution in [2.24, 2.45) is 11.0 Å². The zero-order valence-corrected chi connectivity index (χ0v) is 13.7. The second kappa shape index (κ2) is 8.10. The maximum absolute atomic E-state index is 12.1. The summed E-state index contributed by atoms with van der Waals surface area (Å²) >= 11 is 0. The fraction of sp³-hybridized carbons (Fsp3) is 0.211. The lowest BCUT2D eigenvalue weighted by Crippen LogP contribution is -2.30. The number of hydrogen-bond acceptors (Lipinski definition) is 4. The van der Waals surface area contributed by atoms with Gasteiger partial charge >= 0.3 is 0 Å². The highest BCUT2D eigenvalue weighted by Gasteiger charge is 2.34. The summed E-state index contributed by atoms with van der Waals surface area (Å²) in [7, 11) is 0. The monoisotopic (exact) mass is 337 g/mol. The molecular weight excluding hydrogens is 318 g/mol. The van der Waals surface area contributed by atoms with Gasteiger partial charge in [-0.3, -0.25) is 9.59 Å². The number of allylic oxidation sites excluding steroid dienone is 1. The Bertz CT molecular complexity index is 766. The lowest BCUT2D eigenvalue weighted by Gasteiger charge is -2.14. The number of carbonyl (C=O) groups is 2. The molecule has 6 heteroatoms. The zero-order chi connectivity index (χ0) is 17.5. The lowest BCUT2D eigenvalue weighted by molar-refractivity contribution is -0.129. The van der Waals surface area contributed by atoms with E-state index in [-0.39, 0.29) is 18.2 Å². The quantitative estimate of drug-likeness (QED) is 0.650. The van der Waals surface area contributed by atoms with Gasteiger partial charge in [-0.1, -0.05) is 36.4 Å². The molecule has 2 amide bonds. The first kappa shape index (κ1) is 16.7. The van der Waals surface area contributed by atoms with E-state index in [1.165, 1.54) is 6.21 Å². The van der Waals surface area contributed by atoms with Crippen LogP contribution in [-0.2, 0) is 16.1 Å². The highest BCUT2D eigenvalue weighted by Crippen LogP contribution is 2.20. The highest BCUT2D eigenvalue weighted by molar-refractivity contribution is 5.89. The summed E-state index contributed by atoms with van der Waals surface area (Å²) in [6.45, 7) is 0.763. The molecule has 1 N–H and O–H groups in total. The number of furan rings is 1. The van der Waals surface area contributed by atoms with E-state index in [0.717, 1.165) is 5.56 Å². The summed E-state index contributed by atoms with van der Waals surface area (Å²) in [6, 6.07) is 13.4. The summed E-state index contributed by atoms with van der Waals surface area (Å²) in [5.74, 6) is 0.0142. The van der Waals surface area contributed by atoms with E-state index >= 15 is 0 Å². The number of hydrogen-bond donors (Lipinski definition) is 1. The summed E-state index contributed by atoms with van der Waals surface area (Å²) in [5, 5.41) is 3.90. The number of nitrogens with one attached hydrogen (secondary N) is 1. The second-order valence-electron chi connectivity index (χ2n) is 5.78. The molecule has 1 aromatic carbocycles. The van der Waals surface area contributed by atoms with Crippen LogP contribution in [0.2, 0.25) is 0 Å². The van der Waals surface area contributed by atoms with Gasteiger partial charge in [0.05, 0.1) is 18.7 Å². The van der Waals surface area contributed by atoms with Crippen molar-refractivity contribution < 1.29 is 14.0 Å². The lowest BCUT2D eigenvalue weighted by atomic mass is 10.1. The number of hydrazone groups is 1. The van der Waals surface area contributed by atoms with Crippen LogP contribution in [0, 0.1) is 5.92 Å². The van der Waals surface area contributed by atoms with E-state index in [0.29, 0.717) is 18.8 Å². The van der Waals surface area contributed by atoms with E-state index in [9.17, 15) is 9.59 Å². The van der Waals surface area contributed by atoms with Crippen molar-refractivity contribution in [1.29, 1.82) is 0 Å². The molecule has 1 saturated heterocycles. The fourth-order valence-electron chi connectivity index (χ4n) is 2.64. The first-order chi connectivity index (χ1) is 12.2. The molecule has 2 heterocycles. The normalized spacial score (nSPS) is 17.7. The first-order valence-electron chi connectivity index (χ1n) is 8.07. The van der Waals surface area contributed by atoms with E-state index in [1.807, 2.05) is 42.5 Å². The minimum Gasteiger partial charge on any atom is -0.467 e. The van der Waals surface area contributed by atoms with Crippen molar-refractivity contribution in [3.05, 3.63) is 66.1 Å². The largest absolute Gasteiger partial charge is 0.467 e. The SMILES string of the molecule is O=C(N/N=C/C=C/c1ccccc1)C1CC(=O)N(Cc2ccco2)C1. The first-order valence-corrected chi connectivity index (χ1v) is 8.07. The maximum Gasteiger partial charge on any atom is 0.245 e. The third-order valence-electron chi connectivity index (χ3n) is 3.94. The van der Waals surface area contributed by atoms with Gasteiger partial charge < -0.3 is 9.32 Å². The summed E-state index contributed by atoms with van der Waals surface area (Å²) in [5.41, 5.74) is 3.54. The van der Waals surface area contributed by atoms with E-state index in [2.05, 4.69) is 10.5 Å². The molecule has 1 aliphatic rings. The third kappa shape index (κ3) is 4.67. The Balaban J connectivity index is 1.46. The van der Waals surface area contributed by atoms with Crippen LogP contribution < -0.4 is 5.43 Å². The Kier molecular flexibility index (Phi) is 5.41. The molecule has 1 aromatic heterocycles. The fourth-order valence-corrected chi connectivity index (χ4v) is 2.64. The van der Waals surface area contributed by atoms with Crippen LogP contribution in [0.4, 0.5) is 0 Å². The average Bonchev–Trinajstić information content (AvgIpc) is 3.26. The molecule has 3 rings (SSSR count). The van der Waals surface area contributed by atoms with Crippen LogP contribution in [0.1, 0.15) is 17.7 Å². The summed E-state index contributed by atoms with van der Waals surface area (Å²) in [6.07, 6.45) is 6.92. The van der Waals surface area contributed by atoms with Crippen molar-refractivity contribution in [2.75, 3.05) is 6.54 Å². The molecule has 6 nitrogen and oxygen atoms in total. The van der Waals surface area contributed by atoms with Crippen molar-refractivity contribution in [1.82, 2.24) is 10.3 Å². The van der Waals surface area contributed by atoms with Crippen molar-refractivity contribution >= 4 is 24.1 Å². The molecule has 0 bridgehead atoms. The average molecular weight is 337 g/mol. The predicted molar refractivity (Wildman–Crippen MR) is 94.3 cm³/mol. The molecule has 0 aliphatic carbocycles. The number of carbonyl (C=O) groups excluding carboxylic acids is 2. The molecule has 128 valence electrons. The van der Waals surface area contributed by atoms with E-state index in [1.54, 1.807) is 23.3 Å². The molecule has 1 unspecified atom stereocenters. The number of amides is 2. The maximum atomic E-state index is 12.1. The molecule has 0 radical (unpaired) electrons. The van der Waals surface area contributed by atoms with Crippen LogP contribution >= 0.6 is 0 Å². The summed E-state index contributed by atoms with van der Waals surface area (Å²) < 4.78 is 5.24. The smallest absolute Gasteiger partial charge is 0.245 e. The zero-order valence-electron chi connectivity index (χ0n) is 13.7. The number of likely N-dealkylation sites (tertiary alicyclic amines) is 1. The minimum atomic E-state index is -0.391. The third-order valence-corrected chi connectivity index (χ3v) is 3.94. The van der Waals surface area contributed by atoms with Gasteiger partial charge in [0.15, 0.2) is 0 Å². The van der Waals surface area contributed by atoms with Crippen LogP contribution in [0.3, 0.4) is 0 Å². The van der Waals surface area contributed by atoms with Gasteiger partial charge in [0, 0.05) is 19.2 Å². The molecular formula is C19H19N3O3. The topological polar surface area (TPSA) is 74.9 Å². The van der Waals surface area contributed by atoms with Crippen LogP contribution in [0.25, 0.3) is 6.08 Å². The molecule has 0 saturated carbocycles. The van der Waals surface area contributed by atoms with Gasteiger partial charge in [0.2, 0.25) is 11.8 Å². The molecule has 1 fully saturated rings. The van der Waals surface area contributed by atoms with Crippen molar-refractivity contribution in [3.63, 3.8) is 0 Å². The Morgan fingerprint density at radius 2 is 2.12 bits per heavy atom. The van der Waals surface area contributed by atoms with Crippen molar-refractivity contribution in [3.8, 4) is 0 Å². The van der Waals surface area contributed by atoms with E-state index < -0.39 is 5.92 Å². The van der Waals surface area contributed by atoms with Gasteiger partial charge in [-0.05, 0) is 23.8 Å². The molecule has 25 heavy (non-hydrogen) atoms. The van der Waals surface area contributed by atoms with Crippen LogP contribution in [0.5, 0.6) is 0 Å². The van der Waals surface area contributed by atoms with Gasteiger partial charge in [0.25, 0.3) is 0 Å². The van der Waals surface area contributed by atoms with Gasteiger partial charge in [-0.15, -0.1) is 0 Å². The predicted octanol–water partition coefficient (Wildman–Crippen LogP) is 2.44. The van der Waals surface area contributed by atoms with Crippen molar-refractivity contribution in [2.45, 2.75) is 13.0 Å². The van der Waals surface area contributed by atoms with Crippen LogP contribution in [0.15, 0.2) is 64.3 Å². The van der Waals surface area contributed by atoms with Gasteiger partial charge in [0.1, 0.15) is 5.76 Å². The Labute approximate surface area is 145 Å². The Hall–Kier alpha value is -3.15. The standard InChI is InChI=1S/C19H19N3O3/c23-18-12-16(13-22(18)14-17-9-5-11-25-17)19(24)21-20-10-4-8-15-6-2-1-3-7-15/h1-11,16H,12-14H2,(H,21,24)/b8-4+,20-10+. The summed E-state index contributed by atoms with van der Waals surface area (Å²) in [4.78, 5) is 25.8. The Morgan fingerprint density at radius 3 is 2.88 bits per heavy atom. The van der Waals surface area contributed by atoms with E-state index in [4.69, 9.17) is 4.42 Å². The van der Waals surface area contributed by atoms with Crippen LogP contribution in [-0.4, -0.2) is 29.5 Å².